The number of rotatable bonds is 0. The van der Waals surface area contributed by atoms with Crippen molar-refractivity contribution in [3.05, 3.63) is 70.3 Å². The molecule has 2 fully saturated rings. The number of ether oxygens (including phenoxy) is 1. The van der Waals surface area contributed by atoms with Gasteiger partial charge in [0.1, 0.15) is 5.75 Å². The number of halogens is 1. The fourth-order valence-electron chi connectivity index (χ4n) is 8.65. The van der Waals surface area contributed by atoms with Crippen molar-refractivity contribution in [3.8, 4) is 5.75 Å². The van der Waals surface area contributed by atoms with Crippen LogP contribution in [0.5, 0.6) is 5.75 Å². The van der Waals surface area contributed by atoms with E-state index in [4.69, 9.17) is 16.3 Å². The number of hydrogen-bond acceptors (Lipinski definition) is 6. The second-order valence-electron chi connectivity index (χ2n) is 13.9. The molecule has 2 N–H and O–H groups in total. The van der Waals surface area contributed by atoms with Gasteiger partial charge in [-0.25, -0.2) is 13.1 Å². The molecule has 2 aliphatic heterocycles. The molecule has 2 saturated carbocycles. The third-order valence-corrected chi connectivity index (χ3v) is 13.4. The van der Waals surface area contributed by atoms with Crippen LogP contribution in [0.2, 0.25) is 5.02 Å². The van der Waals surface area contributed by atoms with Crippen molar-refractivity contribution >= 4 is 33.2 Å². The second-order valence-corrected chi connectivity index (χ2v) is 16.2. The van der Waals surface area contributed by atoms with Crippen LogP contribution in [0.3, 0.4) is 0 Å². The number of nitrogens with zero attached hydrogens (tertiary/aromatic N) is 1. The molecular weight excluding hydrogens is 584 g/mol. The number of anilines is 1. The summed E-state index contributed by atoms with van der Waals surface area (Å²) in [4.78, 5) is 15.9. The number of hydrogen-bond donors (Lipinski definition) is 2. The highest BCUT2D eigenvalue weighted by Crippen LogP contribution is 2.48. The zero-order chi connectivity index (χ0) is 30.0. The van der Waals surface area contributed by atoms with Gasteiger partial charge >= 0.3 is 0 Å². The maximum atomic E-state index is 13.6. The number of aliphatic hydroxyl groups is 1. The van der Waals surface area contributed by atoms with Gasteiger partial charge in [-0.3, -0.25) is 4.79 Å². The highest BCUT2D eigenvalue weighted by molar-refractivity contribution is 7.90. The summed E-state index contributed by atoms with van der Waals surface area (Å²) in [6.07, 6.45) is 10.9. The number of carbonyl (C=O) groups is 1. The fraction of sp³-hybridized carbons (Fsp3) is 0.559. The number of sulfonamides is 1. The lowest BCUT2D eigenvalue weighted by Crippen LogP contribution is -2.49. The van der Waals surface area contributed by atoms with Crippen LogP contribution in [0.4, 0.5) is 5.69 Å². The van der Waals surface area contributed by atoms with Gasteiger partial charge in [-0.1, -0.05) is 43.2 Å². The van der Waals surface area contributed by atoms with Crippen LogP contribution in [0, 0.1) is 17.3 Å². The molecule has 7 rings (SSSR count). The van der Waals surface area contributed by atoms with Gasteiger partial charge in [0.25, 0.3) is 5.91 Å². The monoisotopic (exact) mass is 624 g/mol. The van der Waals surface area contributed by atoms with Crippen LogP contribution < -0.4 is 14.4 Å². The molecule has 0 radical (unpaired) electrons. The van der Waals surface area contributed by atoms with Gasteiger partial charge in [-0.2, -0.15) is 0 Å². The average molecular weight is 625 g/mol. The third kappa shape index (κ3) is 5.17. The summed E-state index contributed by atoms with van der Waals surface area (Å²) in [6, 6.07) is 11.5. The Morgan fingerprint density at radius 1 is 1.09 bits per heavy atom. The summed E-state index contributed by atoms with van der Waals surface area (Å²) in [5, 5.41) is 11.3. The molecule has 6 atom stereocenters. The van der Waals surface area contributed by atoms with E-state index in [1.807, 2.05) is 31.2 Å². The number of fused-ring (bicyclic) bond motifs is 5. The van der Waals surface area contributed by atoms with Crippen LogP contribution in [0.25, 0.3) is 0 Å². The summed E-state index contributed by atoms with van der Waals surface area (Å²) in [5.74, 6) is 0.510. The predicted octanol–water partition coefficient (Wildman–Crippen LogP) is 5.78. The smallest absolute Gasteiger partial charge is 0.264 e. The van der Waals surface area contributed by atoms with Crippen LogP contribution >= 0.6 is 11.6 Å². The van der Waals surface area contributed by atoms with Crippen molar-refractivity contribution in [3.63, 3.8) is 0 Å². The van der Waals surface area contributed by atoms with E-state index in [1.54, 1.807) is 12.1 Å². The molecule has 2 heterocycles. The second kappa shape index (κ2) is 10.8. The van der Waals surface area contributed by atoms with Gasteiger partial charge in [0, 0.05) is 29.1 Å². The molecule has 0 aromatic heterocycles. The van der Waals surface area contributed by atoms with Gasteiger partial charge in [0.15, 0.2) is 0 Å². The minimum absolute atomic E-state index is 0.132. The van der Waals surface area contributed by atoms with Crippen molar-refractivity contribution < 1.29 is 23.1 Å². The first kappa shape index (κ1) is 29.2. The summed E-state index contributed by atoms with van der Waals surface area (Å²) < 4.78 is 36.2. The first-order valence-electron chi connectivity index (χ1n) is 15.8. The quantitative estimate of drug-likeness (QED) is 0.361. The molecule has 230 valence electrons. The number of amides is 1. The largest absolute Gasteiger partial charge is 0.490 e. The lowest BCUT2D eigenvalue weighted by Gasteiger charge is -2.45. The number of carbonyl (C=O) groups excluding carboxylic acids is 1. The summed E-state index contributed by atoms with van der Waals surface area (Å²) in [5.41, 5.74) is 2.88. The maximum absolute atomic E-state index is 13.6. The van der Waals surface area contributed by atoms with E-state index >= 15 is 0 Å². The predicted molar refractivity (Wildman–Crippen MR) is 168 cm³/mol. The minimum atomic E-state index is -3.92. The summed E-state index contributed by atoms with van der Waals surface area (Å²) in [7, 11) is -3.92. The van der Waals surface area contributed by atoms with Gasteiger partial charge in [0.05, 0.1) is 23.6 Å². The molecule has 1 amide bonds. The van der Waals surface area contributed by atoms with E-state index in [2.05, 4.69) is 21.8 Å². The first-order chi connectivity index (χ1) is 20.6. The lowest BCUT2D eigenvalue weighted by molar-refractivity contribution is 0.0455. The van der Waals surface area contributed by atoms with Crippen LogP contribution in [-0.2, 0) is 21.9 Å². The average Bonchev–Trinajstić information content (AvgIpc) is 3.27. The van der Waals surface area contributed by atoms with Crippen molar-refractivity contribution in [1.82, 2.24) is 4.72 Å². The van der Waals surface area contributed by atoms with Crippen molar-refractivity contribution in [2.45, 2.75) is 81.5 Å². The Kier molecular flexibility index (Phi) is 7.34. The molecule has 0 unspecified atom stereocenters. The van der Waals surface area contributed by atoms with Crippen LogP contribution in [0.1, 0.15) is 79.8 Å². The van der Waals surface area contributed by atoms with E-state index in [0.29, 0.717) is 37.3 Å². The molecule has 2 aromatic carbocycles. The number of allylic oxidation sites excluding steroid dienone is 1. The van der Waals surface area contributed by atoms with Crippen molar-refractivity contribution in [1.29, 1.82) is 0 Å². The van der Waals surface area contributed by atoms with E-state index < -0.39 is 32.7 Å². The Morgan fingerprint density at radius 3 is 2.77 bits per heavy atom. The number of benzene rings is 2. The minimum Gasteiger partial charge on any atom is -0.490 e. The molecule has 3 aliphatic carbocycles. The summed E-state index contributed by atoms with van der Waals surface area (Å²) in [6.45, 7) is 3.92. The highest BCUT2D eigenvalue weighted by atomic mass is 35.5. The fourth-order valence-corrected chi connectivity index (χ4v) is 10.8. The molecule has 2 aromatic rings. The Bertz CT molecular complexity index is 1580. The molecule has 5 aliphatic rings. The number of aryl methyl sites for hydroxylation is 1. The standard InChI is InChI=1S/C34H41ClN2O5S/c1-33-14-3-6-29(38)26-11-8-24(26)19-37-20-34(16-2-5-22-17-25(35)10-12-27(22)34)21-42-30-13-9-23(18-28(30)37)32(39)36-43(40,41)31(33)7-4-15-33/h3,6,9-10,12-13,17-18,24,26,29,31,38H,2,4-5,7-8,11,14-16,19-21H2,1H3,(H,36,39)/b6-3+/t24-,26+,29-,31-,33-,34-/m0/s1. The molecule has 1 spiro atoms. The summed E-state index contributed by atoms with van der Waals surface area (Å²) >= 11 is 6.40. The van der Waals surface area contributed by atoms with Crippen molar-refractivity contribution in [2.24, 2.45) is 17.3 Å². The van der Waals surface area contributed by atoms with Gasteiger partial charge < -0.3 is 14.7 Å². The van der Waals surface area contributed by atoms with Crippen LogP contribution in [0.15, 0.2) is 48.6 Å². The Labute approximate surface area is 259 Å². The van der Waals surface area contributed by atoms with Gasteiger partial charge in [-0.15, -0.1) is 0 Å². The molecule has 43 heavy (non-hydrogen) atoms. The normalized spacial score (nSPS) is 35.8. The molecular formula is C34H41ClN2O5S. The van der Waals surface area contributed by atoms with E-state index in [-0.39, 0.29) is 17.3 Å². The van der Waals surface area contributed by atoms with E-state index in [1.165, 1.54) is 11.1 Å². The molecule has 0 saturated heterocycles. The SMILES string of the molecule is C[C@@]12C/C=C/[C@H](O)[C@@H]3CC[C@H]3CN3C[C@@]4(CCCc5cc(Cl)ccc54)COc4ccc(cc43)C(=O)NS(=O)(=O)[C@H]1CCC2. The lowest BCUT2D eigenvalue weighted by atomic mass is 9.68. The molecule has 2 bridgehead atoms. The van der Waals surface area contributed by atoms with Crippen LogP contribution in [-0.4, -0.2) is 50.5 Å². The zero-order valence-corrected chi connectivity index (χ0v) is 26.3. The Balaban J connectivity index is 1.30. The molecule has 7 nitrogen and oxygen atoms in total. The zero-order valence-electron chi connectivity index (χ0n) is 24.7. The number of aliphatic hydroxyl groups excluding tert-OH is 1. The topological polar surface area (TPSA) is 95.9 Å². The van der Waals surface area contributed by atoms with E-state index in [9.17, 15) is 18.3 Å². The Morgan fingerprint density at radius 2 is 1.95 bits per heavy atom. The third-order valence-electron chi connectivity index (χ3n) is 11.2. The van der Waals surface area contributed by atoms with Gasteiger partial charge in [-0.05, 0) is 110 Å². The van der Waals surface area contributed by atoms with E-state index in [0.717, 1.165) is 62.2 Å². The first-order valence-corrected chi connectivity index (χ1v) is 17.7. The van der Waals surface area contributed by atoms with Crippen molar-refractivity contribution in [2.75, 3.05) is 24.6 Å². The maximum Gasteiger partial charge on any atom is 0.264 e. The Hall–Kier alpha value is -2.55. The molecule has 9 heteroatoms. The number of nitrogens with one attached hydrogen (secondary N) is 1. The highest BCUT2D eigenvalue weighted by Gasteiger charge is 2.47. The van der Waals surface area contributed by atoms with Gasteiger partial charge in [0.2, 0.25) is 10.0 Å².